The topological polar surface area (TPSA) is 66.7 Å². The highest BCUT2D eigenvalue weighted by atomic mass is 32.2. The van der Waals surface area contributed by atoms with Crippen LogP contribution in [0.2, 0.25) is 0 Å². The van der Waals surface area contributed by atoms with Crippen LogP contribution in [0.25, 0.3) is 0 Å². The van der Waals surface area contributed by atoms with Gasteiger partial charge in [-0.15, -0.1) is 0 Å². The van der Waals surface area contributed by atoms with Crippen LogP contribution < -0.4 is 0 Å². The molecule has 2 aliphatic rings. The van der Waals surface area contributed by atoms with Crippen molar-refractivity contribution < 1.29 is 12.8 Å². The van der Waals surface area contributed by atoms with Crippen molar-refractivity contribution in [2.45, 2.75) is 38.0 Å². The summed E-state index contributed by atoms with van der Waals surface area (Å²) in [6, 6.07) is 0. The van der Waals surface area contributed by atoms with Gasteiger partial charge in [-0.2, -0.15) is 0 Å². The fraction of sp³-hybridized carbons (Fsp3) is 0.769. The first-order valence-electron chi connectivity index (χ1n) is 7.18. The van der Waals surface area contributed by atoms with Gasteiger partial charge in [-0.3, -0.25) is 4.90 Å². The Morgan fingerprint density at radius 1 is 1.30 bits per heavy atom. The standard InChI is InChI=1S/C13H21N3O3S/c1-11-14-12(10-19-11)9-15-5-2-6-16(8-7-15)20(17,18)13-3-4-13/h10,13H,2-9H2,1H3. The Morgan fingerprint density at radius 2 is 2.10 bits per heavy atom. The van der Waals surface area contributed by atoms with E-state index >= 15 is 0 Å². The SMILES string of the molecule is Cc1nc(CN2CCCN(S(=O)(=O)C3CC3)CC2)co1. The molecule has 112 valence electrons. The van der Waals surface area contributed by atoms with Crippen LogP contribution in [0.15, 0.2) is 10.7 Å². The molecule has 2 heterocycles. The Bertz CT molecular complexity index is 565. The van der Waals surface area contributed by atoms with E-state index in [4.69, 9.17) is 4.42 Å². The maximum atomic E-state index is 12.2. The van der Waals surface area contributed by atoms with Gasteiger partial charge >= 0.3 is 0 Å². The lowest BCUT2D eigenvalue weighted by molar-refractivity contribution is 0.275. The molecule has 1 saturated carbocycles. The number of aromatic nitrogens is 1. The second-order valence-electron chi connectivity index (χ2n) is 5.63. The summed E-state index contributed by atoms with van der Waals surface area (Å²) in [6.07, 6.45) is 4.23. The molecule has 0 spiro atoms. The van der Waals surface area contributed by atoms with E-state index in [9.17, 15) is 8.42 Å². The highest BCUT2D eigenvalue weighted by Crippen LogP contribution is 2.31. The smallest absolute Gasteiger partial charge is 0.217 e. The minimum atomic E-state index is -3.03. The third-order valence-corrected chi connectivity index (χ3v) is 6.30. The van der Waals surface area contributed by atoms with E-state index < -0.39 is 10.0 Å². The lowest BCUT2D eigenvalue weighted by Gasteiger charge is -2.20. The molecule has 1 aromatic rings. The molecule has 0 radical (unpaired) electrons. The van der Waals surface area contributed by atoms with E-state index in [1.54, 1.807) is 10.6 Å². The number of sulfonamides is 1. The van der Waals surface area contributed by atoms with Crippen LogP contribution in [0.4, 0.5) is 0 Å². The summed E-state index contributed by atoms with van der Waals surface area (Å²) in [5, 5.41) is -0.104. The first-order valence-corrected chi connectivity index (χ1v) is 8.68. The summed E-state index contributed by atoms with van der Waals surface area (Å²) in [4.78, 5) is 6.55. The molecule has 20 heavy (non-hydrogen) atoms. The third kappa shape index (κ3) is 3.05. The Hall–Kier alpha value is -0.920. The van der Waals surface area contributed by atoms with Gasteiger partial charge in [-0.05, 0) is 25.8 Å². The molecule has 1 aliphatic carbocycles. The monoisotopic (exact) mass is 299 g/mol. The number of rotatable bonds is 4. The van der Waals surface area contributed by atoms with Crippen molar-refractivity contribution in [2.75, 3.05) is 26.2 Å². The van der Waals surface area contributed by atoms with Gasteiger partial charge in [0.25, 0.3) is 0 Å². The molecule has 2 fully saturated rings. The molecule has 6 nitrogen and oxygen atoms in total. The van der Waals surface area contributed by atoms with Gasteiger partial charge < -0.3 is 4.42 Å². The average Bonchev–Trinajstić information content (AvgIpc) is 3.19. The van der Waals surface area contributed by atoms with E-state index in [1.807, 2.05) is 6.92 Å². The van der Waals surface area contributed by atoms with Gasteiger partial charge in [0.2, 0.25) is 10.0 Å². The summed E-state index contributed by atoms with van der Waals surface area (Å²) in [5.74, 6) is 0.674. The van der Waals surface area contributed by atoms with Gasteiger partial charge in [0.05, 0.1) is 10.9 Å². The largest absolute Gasteiger partial charge is 0.449 e. The maximum Gasteiger partial charge on any atom is 0.217 e. The molecule has 1 aromatic heterocycles. The van der Waals surface area contributed by atoms with E-state index in [1.165, 1.54) is 0 Å². The number of nitrogens with zero attached hydrogens (tertiary/aromatic N) is 3. The lowest BCUT2D eigenvalue weighted by Crippen LogP contribution is -2.37. The Labute approximate surface area is 119 Å². The van der Waals surface area contributed by atoms with Crippen molar-refractivity contribution in [3.63, 3.8) is 0 Å². The maximum absolute atomic E-state index is 12.2. The van der Waals surface area contributed by atoms with Gasteiger partial charge in [0, 0.05) is 33.1 Å². The Balaban J connectivity index is 1.59. The molecule has 0 bridgehead atoms. The normalized spacial score (nSPS) is 22.9. The van der Waals surface area contributed by atoms with Crippen molar-refractivity contribution in [1.29, 1.82) is 0 Å². The molecule has 1 saturated heterocycles. The summed E-state index contributed by atoms with van der Waals surface area (Å²) in [6.45, 7) is 5.47. The quantitative estimate of drug-likeness (QED) is 0.829. The van der Waals surface area contributed by atoms with Crippen LogP contribution in [0.3, 0.4) is 0 Å². The van der Waals surface area contributed by atoms with Crippen molar-refractivity contribution in [3.8, 4) is 0 Å². The molecule has 3 rings (SSSR count). The zero-order valence-electron chi connectivity index (χ0n) is 11.8. The number of hydrogen-bond acceptors (Lipinski definition) is 5. The van der Waals surface area contributed by atoms with Gasteiger partial charge in [0.15, 0.2) is 5.89 Å². The van der Waals surface area contributed by atoms with E-state index in [2.05, 4.69) is 9.88 Å². The van der Waals surface area contributed by atoms with Crippen molar-refractivity contribution >= 4 is 10.0 Å². The minimum absolute atomic E-state index is 0.104. The molecular weight excluding hydrogens is 278 g/mol. The first-order chi connectivity index (χ1) is 9.55. The lowest BCUT2D eigenvalue weighted by atomic mass is 10.3. The van der Waals surface area contributed by atoms with Crippen LogP contribution in [-0.4, -0.2) is 54.0 Å². The predicted molar refractivity (Wildman–Crippen MR) is 74.6 cm³/mol. The molecule has 1 aliphatic heterocycles. The Morgan fingerprint density at radius 3 is 2.75 bits per heavy atom. The van der Waals surface area contributed by atoms with Gasteiger partial charge in [0.1, 0.15) is 6.26 Å². The predicted octanol–water partition coefficient (Wildman–Crippen LogP) is 0.983. The van der Waals surface area contributed by atoms with Crippen LogP contribution in [0, 0.1) is 6.92 Å². The molecule has 0 unspecified atom stereocenters. The number of aryl methyl sites for hydroxylation is 1. The Kier molecular flexibility index (Phi) is 3.83. The molecule has 0 N–H and O–H groups in total. The molecule has 0 aromatic carbocycles. The second-order valence-corrected chi connectivity index (χ2v) is 7.84. The molecule has 0 amide bonds. The zero-order chi connectivity index (χ0) is 14.2. The summed E-state index contributed by atoms with van der Waals surface area (Å²) >= 11 is 0. The van der Waals surface area contributed by atoms with Crippen molar-refractivity contribution in [1.82, 2.24) is 14.2 Å². The molecular formula is C13H21N3O3S. The number of hydrogen-bond donors (Lipinski definition) is 0. The number of oxazole rings is 1. The van der Waals surface area contributed by atoms with E-state index in [0.717, 1.165) is 44.6 Å². The van der Waals surface area contributed by atoms with Crippen LogP contribution in [0.5, 0.6) is 0 Å². The van der Waals surface area contributed by atoms with E-state index in [-0.39, 0.29) is 5.25 Å². The second kappa shape index (κ2) is 5.46. The summed E-state index contributed by atoms with van der Waals surface area (Å²) < 4.78 is 31.4. The van der Waals surface area contributed by atoms with Gasteiger partial charge in [-0.25, -0.2) is 17.7 Å². The van der Waals surface area contributed by atoms with E-state index in [0.29, 0.717) is 19.0 Å². The summed E-state index contributed by atoms with van der Waals surface area (Å²) in [5.41, 5.74) is 0.918. The fourth-order valence-electron chi connectivity index (χ4n) is 2.65. The summed E-state index contributed by atoms with van der Waals surface area (Å²) in [7, 11) is -3.03. The molecule has 7 heteroatoms. The van der Waals surface area contributed by atoms with Gasteiger partial charge in [-0.1, -0.05) is 0 Å². The fourth-order valence-corrected chi connectivity index (χ4v) is 4.52. The first kappa shape index (κ1) is 14.0. The van der Waals surface area contributed by atoms with Crippen LogP contribution >= 0.6 is 0 Å². The zero-order valence-corrected chi connectivity index (χ0v) is 12.6. The third-order valence-electron chi connectivity index (χ3n) is 3.91. The highest BCUT2D eigenvalue weighted by molar-refractivity contribution is 7.90. The van der Waals surface area contributed by atoms with Crippen LogP contribution in [0.1, 0.15) is 30.8 Å². The average molecular weight is 299 g/mol. The van der Waals surface area contributed by atoms with Crippen LogP contribution in [-0.2, 0) is 16.6 Å². The van der Waals surface area contributed by atoms with Crippen molar-refractivity contribution in [3.05, 3.63) is 17.8 Å². The van der Waals surface area contributed by atoms with Crippen molar-refractivity contribution in [2.24, 2.45) is 0 Å². The molecule has 0 atom stereocenters. The highest BCUT2D eigenvalue weighted by Gasteiger charge is 2.40. The minimum Gasteiger partial charge on any atom is -0.449 e.